The number of hydrogen-bond acceptors (Lipinski definition) is 7. The van der Waals surface area contributed by atoms with Gasteiger partial charge in [-0.25, -0.2) is 8.42 Å². The van der Waals surface area contributed by atoms with Crippen molar-refractivity contribution >= 4 is 27.3 Å². The average molecular weight is 264 g/mol. The number of rotatable bonds is 4. The van der Waals surface area contributed by atoms with Crippen LogP contribution < -0.4 is 0 Å². The van der Waals surface area contributed by atoms with Crippen LogP contribution in [0.5, 0.6) is 0 Å². The standard InChI is InChI=1S/C8H12N2O4S2/c1-4-14-7(11)6(3)16(12,13)8-5(2)9-10-15-8/h6H,4H2,1-3H3/t6-/m1/s1. The van der Waals surface area contributed by atoms with Gasteiger partial charge in [0, 0.05) is 11.5 Å². The van der Waals surface area contributed by atoms with Crippen LogP contribution in [0.4, 0.5) is 0 Å². The molecule has 0 spiro atoms. The Bertz CT molecular complexity index is 480. The summed E-state index contributed by atoms with van der Waals surface area (Å²) < 4.78 is 32.2. The molecule has 0 bridgehead atoms. The number of carbonyl (C=O) groups excluding carboxylic acids is 1. The molecule has 1 heterocycles. The molecule has 90 valence electrons. The summed E-state index contributed by atoms with van der Waals surface area (Å²) in [6.45, 7) is 4.61. The Morgan fingerprint density at radius 3 is 2.62 bits per heavy atom. The van der Waals surface area contributed by atoms with E-state index in [4.69, 9.17) is 0 Å². The molecular formula is C8H12N2O4S2. The van der Waals surface area contributed by atoms with E-state index in [1.165, 1.54) is 13.8 Å². The summed E-state index contributed by atoms with van der Waals surface area (Å²) in [5.74, 6) is -0.754. The van der Waals surface area contributed by atoms with Gasteiger partial charge in [-0.1, -0.05) is 4.49 Å². The molecule has 0 aliphatic rings. The first-order valence-corrected chi connectivity index (χ1v) is 6.92. The normalized spacial score (nSPS) is 13.4. The van der Waals surface area contributed by atoms with Gasteiger partial charge >= 0.3 is 5.97 Å². The van der Waals surface area contributed by atoms with Gasteiger partial charge in [0.05, 0.1) is 12.3 Å². The summed E-state index contributed by atoms with van der Waals surface area (Å²) in [5, 5.41) is 2.38. The number of hydrogen-bond donors (Lipinski definition) is 0. The highest BCUT2D eigenvalue weighted by molar-refractivity contribution is 7.94. The van der Waals surface area contributed by atoms with Gasteiger partial charge < -0.3 is 4.74 Å². The third-order valence-corrected chi connectivity index (χ3v) is 5.43. The van der Waals surface area contributed by atoms with Crippen molar-refractivity contribution in [2.24, 2.45) is 0 Å². The summed E-state index contributed by atoms with van der Waals surface area (Å²) in [6.07, 6.45) is 0. The Hall–Kier alpha value is -1.02. The minimum Gasteiger partial charge on any atom is -0.465 e. The molecule has 1 atom stereocenters. The number of nitrogens with zero attached hydrogens (tertiary/aromatic N) is 2. The number of aryl methyl sites for hydroxylation is 1. The van der Waals surface area contributed by atoms with E-state index < -0.39 is 21.1 Å². The number of aromatic nitrogens is 2. The minimum atomic E-state index is -3.73. The average Bonchev–Trinajstić information content (AvgIpc) is 2.64. The Morgan fingerprint density at radius 1 is 1.56 bits per heavy atom. The molecule has 0 aliphatic carbocycles. The maximum Gasteiger partial charge on any atom is 0.324 e. The van der Waals surface area contributed by atoms with Crippen LogP contribution in [0.1, 0.15) is 19.5 Å². The summed E-state index contributed by atoms with van der Waals surface area (Å²) in [5.41, 5.74) is 0.307. The largest absolute Gasteiger partial charge is 0.465 e. The zero-order valence-electron chi connectivity index (χ0n) is 9.13. The van der Waals surface area contributed by atoms with Gasteiger partial charge in [-0.15, -0.1) is 5.10 Å². The highest BCUT2D eigenvalue weighted by Crippen LogP contribution is 2.22. The molecule has 0 fully saturated rings. The lowest BCUT2D eigenvalue weighted by molar-refractivity contribution is -0.142. The van der Waals surface area contributed by atoms with Gasteiger partial charge in [0.2, 0.25) is 9.84 Å². The van der Waals surface area contributed by atoms with Gasteiger partial charge in [0.15, 0.2) is 9.46 Å². The highest BCUT2D eigenvalue weighted by atomic mass is 32.2. The zero-order chi connectivity index (χ0) is 12.3. The van der Waals surface area contributed by atoms with Crippen molar-refractivity contribution in [3.8, 4) is 0 Å². The Kier molecular flexibility index (Phi) is 3.98. The van der Waals surface area contributed by atoms with Crippen molar-refractivity contribution in [2.75, 3.05) is 6.61 Å². The second-order valence-corrected chi connectivity index (χ2v) is 6.30. The number of ether oxygens (including phenoxy) is 1. The summed E-state index contributed by atoms with van der Waals surface area (Å²) >= 11 is 0.763. The third-order valence-electron chi connectivity index (χ3n) is 1.95. The first-order chi connectivity index (χ1) is 7.41. The predicted molar refractivity (Wildman–Crippen MR) is 57.9 cm³/mol. The molecule has 16 heavy (non-hydrogen) atoms. The fraction of sp³-hybridized carbons (Fsp3) is 0.625. The topological polar surface area (TPSA) is 86.2 Å². The van der Waals surface area contributed by atoms with Crippen molar-refractivity contribution in [1.29, 1.82) is 0 Å². The van der Waals surface area contributed by atoms with E-state index in [0.717, 1.165) is 11.5 Å². The molecule has 0 saturated heterocycles. The van der Waals surface area contributed by atoms with Crippen LogP contribution in [0, 0.1) is 6.92 Å². The molecule has 0 aliphatic heterocycles. The van der Waals surface area contributed by atoms with Crippen molar-refractivity contribution in [1.82, 2.24) is 9.59 Å². The van der Waals surface area contributed by atoms with Gasteiger partial charge in [-0.3, -0.25) is 4.79 Å². The first kappa shape index (κ1) is 13.0. The zero-order valence-corrected chi connectivity index (χ0v) is 10.8. The van der Waals surface area contributed by atoms with Crippen molar-refractivity contribution in [3.63, 3.8) is 0 Å². The molecule has 0 amide bonds. The molecule has 1 aromatic heterocycles. The lowest BCUT2D eigenvalue weighted by Gasteiger charge is -2.09. The summed E-state index contributed by atoms with van der Waals surface area (Å²) in [7, 11) is -3.73. The lowest BCUT2D eigenvalue weighted by atomic mass is 10.5. The van der Waals surface area contributed by atoms with Crippen LogP contribution in [-0.4, -0.2) is 35.8 Å². The van der Waals surface area contributed by atoms with Crippen LogP contribution >= 0.6 is 11.5 Å². The molecule has 0 N–H and O–H groups in total. The smallest absolute Gasteiger partial charge is 0.324 e. The Balaban J connectivity index is 3.04. The summed E-state index contributed by atoms with van der Waals surface area (Å²) in [4.78, 5) is 11.4. The van der Waals surface area contributed by atoms with Crippen LogP contribution in [0.25, 0.3) is 0 Å². The number of sulfone groups is 1. The third kappa shape index (κ3) is 2.38. The SMILES string of the molecule is CCOC(=O)[C@@H](C)S(=O)(=O)c1snnc1C. The first-order valence-electron chi connectivity index (χ1n) is 4.60. The molecule has 1 aromatic rings. The van der Waals surface area contributed by atoms with Gasteiger partial charge in [0.25, 0.3) is 0 Å². The minimum absolute atomic E-state index is 0.0213. The maximum atomic E-state index is 12.0. The molecule has 0 saturated carbocycles. The second kappa shape index (κ2) is 4.88. The summed E-state index contributed by atoms with van der Waals surface area (Å²) in [6, 6.07) is 0. The van der Waals surface area contributed by atoms with Crippen LogP contribution in [0.2, 0.25) is 0 Å². The Labute approximate surface area is 97.7 Å². The predicted octanol–water partition coefficient (Wildman–Crippen LogP) is 0.572. The monoisotopic (exact) mass is 264 g/mol. The van der Waals surface area contributed by atoms with Crippen molar-refractivity contribution in [2.45, 2.75) is 30.2 Å². The molecule has 8 heteroatoms. The van der Waals surface area contributed by atoms with E-state index in [1.54, 1.807) is 6.92 Å². The van der Waals surface area contributed by atoms with Gasteiger partial charge in [0.1, 0.15) is 0 Å². The lowest BCUT2D eigenvalue weighted by Crippen LogP contribution is -2.29. The van der Waals surface area contributed by atoms with Gasteiger partial charge in [-0.05, 0) is 20.8 Å². The fourth-order valence-corrected chi connectivity index (χ4v) is 3.48. The van der Waals surface area contributed by atoms with Crippen molar-refractivity contribution < 1.29 is 17.9 Å². The number of esters is 1. The molecule has 0 radical (unpaired) electrons. The van der Waals surface area contributed by atoms with E-state index in [1.807, 2.05) is 0 Å². The van der Waals surface area contributed by atoms with Crippen LogP contribution in [-0.2, 0) is 19.4 Å². The second-order valence-electron chi connectivity index (χ2n) is 3.09. The molecule has 0 aromatic carbocycles. The van der Waals surface area contributed by atoms with E-state index in [0.29, 0.717) is 5.69 Å². The quantitative estimate of drug-likeness (QED) is 0.739. The highest BCUT2D eigenvalue weighted by Gasteiger charge is 2.34. The van der Waals surface area contributed by atoms with Crippen molar-refractivity contribution in [3.05, 3.63) is 5.69 Å². The molecule has 0 unspecified atom stereocenters. The molecule has 6 nitrogen and oxygen atoms in total. The van der Waals surface area contributed by atoms with Gasteiger partial charge in [-0.2, -0.15) is 0 Å². The number of carbonyl (C=O) groups is 1. The van der Waals surface area contributed by atoms with E-state index >= 15 is 0 Å². The fourth-order valence-electron chi connectivity index (χ4n) is 1.03. The Morgan fingerprint density at radius 2 is 2.19 bits per heavy atom. The van der Waals surface area contributed by atoms with E-state index in [2.05, 4.69) is 14.3 Å². The van der Waals surface area contributed by atoms with Crippen LogP contribution in [0.15, 0.2) is 4.21 Å². The maximum absolute atomic E-state index is 12.0. The van der Waals surface area contributed by atoms with E-state index in [9.17, 15) is 13.2 Å². The van der Waals surface area contributed by atoms with Crippen LogP contribution in [0.3, 0.4) is 0 Å². The van der Waals surface area contributed by atoms with E-state index in [-0.39, 0.29) is 10.8 Å². The molecule has 1 rings (SSSR count). The molecular weight excluding hydrogens is 252 g/mol.